The second-order valence-electron chi connectivity index (χ2n) is 5.99. The highest BCUT2D eigenvalue weighted by molar-refractivity contribution is 5.97. The number of carboxylic acids is 1. The molecule has 1 fully saturated rings. The summed E-state index contributed by atoms with van der Waals surface area (Å²) in [5.74, 6) is -0.763. The molecule has 0 aliphatic carbocycles. The maximum Gasteiger partial charge on any atom is 0.335 e. The second kappa shape index (κ2) is 6.61. The van der Waals surface area contributed by atoms with E-state index < -0.39 is 5.97 Å². The SMILES string of the molecule is O=C(O)c1cccc(-c2nc3ccc(C(=O)N4CCOCC4)cc3o2)c1. The summed E-state index contributed by atoms with van der Waals surface area (Å²) in [7, 11) is 0. The van der Waals surface area contributed by atoms with Crippen molar-refractivity contribution in [3.63, 3.8) is 0 Å². The third-order valence-electron chi connectivity index (χ3n) is 4.29. The van der Waals surface area contributed by atoms with Crippen LogP contribution in [-0.2, 0) is 4.74 Å². The maximum absolute atomic E-state index is 12.6. The van der Waals surface area contributed by atoms with Crippen LogP contribution in [0.3, 0.4) is 0 Å². The number of morpholine rings is 1. The number of ether oxygens (including phenoxy) is 1. The summed E-state index contributed by atoms with van der Waals surface area (Å²) in [6.45, 7) is 2.22. The van der Waals surface area contributed by atoms with E-state index in [1.807, 2.05) is 0 Å². The molecule has 4 rings (SSSR count). The molecule has 1 aliphatic heterocycles. The number of amides is 1. The van der Waals surface area contributed by atoms with Crippen LogP contribution in [0, 0.1) is 0 Å². The number of hydrogen-bond acceptors (Lipinski definition) is 5. The van der Waals surface area contributed by atoms with Crippen LogP contribution in [-0.4, -0.2) is 53.2 Å². The van der Waals surface area contributed by atoms with Crippen molar-refractivity contribution >= 4 is 23.0 Å². The molecule has 0 bridgehead atoms. The number of carboxylic acid groups (broad SMARTS) is 1. The zero-order valence-corrected chi connectivity index (χ0v) is 13.8. The predicted molar refractivity (Wildman–Crippen MR) is 93.1 cm³/mol. The minimum atomic E-state index is -1.01. The van der Waals surface area contributed by atoms with E-state index in [-0.39, 0.29) is 11.5 Å². The van der Waals surface area contributed by atoms with E-state index in [1.165, 1.54) is 12.1 Å². The van der Waals surface area contributed by atoms with E-state index in [1.54, 1.807) is 35.2 Å². The van der Waals surface area contributed by atoms with Gasteiger partial charge in [-0.2, -0.15) is 0 Å². The lowest BCUT2D eigenvalue weighted by Gasteiger charge is -2.26. The smallest absolute Gasteiger partial charge is 0.335 e. The van der Waals surface area contributed by atoms with Gasteiger partial charge in [-0.15, -0.1) is 0 Å². The van der Waals surface area contributed by atoms with E-state index in [0.29, 0.717) is 54.4 Å². The number of aromatic carboxylic acids is 1. The Morgan fingerprint density at radius 1 is 1.04 bits per heavy atom. The van der Waals surface area contributed by atoms with Crippen molar-refractivity contribution < 1.29 is 23.8 Å². The Hall–Kier alpha value is -3.19. The highest BCUT2D eigenvalue weighted by atomic mass is 16.5. The van der Waals surface area contributed by atoms with E-state index in [4.69, 9.17) is 14.3 Å². The number of hydrogen-bond donors (Lipinski definition) is 1. The predicted octanol–water partition coefficient (Wildman–Crippen LogP) is 2.67. The Kier molecular flexibility index (Phi) is 4.14. The van der Waals surface area contributed by atoms with Crippen LogP contribution in [0.15, 0.2) is 46.9 Å². The van der Waals surface area contributed by atoms with Crippen molar-refractivity contribution in [2.45, 2.75) is 0 Å². The molecule has 0 radical (unpaired) electrons. The normalized spacial score (nSPS) is 14.5. The van der Waals surface area contributed by atoms with Crippen molar-refractivity contribution in [2.75, 3.05) is 26.3 Å². The lowest BCUT2D eigenvalue weighted by Crippen LogP contribution is -2.40. The van der Waals surface area contributed by atoms with Crippen LogP contribution in [0.2, 0.25) is 0 Å². The summed E-state index contributed by atoms with van der Waals surface area (Å²) in [6, 6.07) is 11.5. The van der Waals surface area contributed by atoms with Gasteiger partial charge in [0.25, 0.3) is 5.91 Å². The van der Waals surface area contributed by atoms with Crippen LogP contribution < -0.4 is 0 Å². The zero-order chi connectivity index (χ0) is 18.1. The molecule has 1 amide bonds. The molecular weight excluding hydrogens is 336 g/mol. The Morgan fingerprint density at radius 3 is 2.62 bits per heavy atom. The number of aromatic nitrogens is 1. The first-order chi connectivity index (χ1) is 12.6. The largest absolute Gasteiger partial charge is 0.478 e. The van der Waals surface area contributed by atoms with E-state index in [2.05, 4.69) is 4.98 Å². The molecule has 1 saturated heterocycles. The van der Waals surface area contributed by atoms with Gasteiger partial charge in [0.1, 0.15) is 5.52 Å². The molecule has 0 unspecified atom stereocenters. The number of rotatable bonds is 3. The molecule has 0 atom stereocenters. The number of nitrogens with zero attached hydrogens (tertiary/aromatic N) is 2. The minimum absolute atomic E-state index is 0.0685. The van der Waals surface area contributed by atoms with Gasteiger partial charge >= 0.3 is 5.97 Å². The van der Waals surface area contributed by atoms with Gasteiger partial charge in [0, 0.05) is 24.2 Å². The van der Waals surface area contributed by atoms with Gasteiger partial charge in [-0.05, 0) is 36.4 Å². The highest BCUT2D eigenvalue weighted by Gasteiger charge is 2.20. The van der Waals surface area contributed by atoms with Crippen LogP contribution in [0.1, 0.15) is 20.7 Å². The number of carbonyl (C=O) groups is 2. The molecule has 7 heteroatoms. The molecule has 1 aliphatic rings. The van der Waals surface area contributed by atoms with Crippen LogP contribution >= 0.6 is 0 Å². The fourth-order valence-corrected chi connectivity index (χ4v) is 2.92. The summed E-state index contributed by atoms with van der Waals surface area (Å²) in [5.41, 5.74) is 2.36. The first kappa shape index (κ1) is 16.3. The summed E-state index contributed by atoms with van der Waals surface area (Å²) in [4.78, 5) is 29.8. The molecular formula is C19H16N2O5. The maximum atomic E-state index is 12.6. The Labute approximate surface area is 148 Å². The number of fused-ring (bicyclic) bond motifs is 1. The molecule has 26 heavy (non-hydrogen) atoms. The second-order valence-corrected chi connectivity index (χ2v) is 5.99. The number of oxazole rings is 1. The molecule has 3 aromatic rings. The lowest BCUT2D eigenvalue weighted by molar-refractivity contribution is 0.0303. The molecule has 1 aromatic heterocycles. The van der Waals surface area contributed by atoms with Crippen molar-refractivity contribution in [1.29, 1.82) is 0 Å². The van der Waals surface area contributed by atoms with Gasteiger partial charge in [-0.3, -0.25) is 4.79 Å². The van der Waals surface area contributed by atoms with Crippen molar-refractivity contribution in [1.82, 2.24) is 9.88 Å². The van der Waals surface area contributed by atoms with Gasteiger partial charge < -0.3 is 19.2 Å². The quantitative estimate of drug-likeness (QED) is 0.779. The highest BCUT2D eigenvalue weighted by Crippen LogP contribution is 2.26. The topological polar surface area (TPSA) is 92.9 Å². The molecule has 0 saturated carbocycles. The molecule has 2 heterocycles. The van der Waals surface area contributed by atoms with E-state index >= 15 is 0 Å². The van der Waals surface area contributed by atoms with Crippen molar-refractivity contribution in [2.24, 2.45) is 0 Å². The fourth-order valence-electron chi connectivity index (χ4n) is 2.92. The lowest BCUT2D eigenvalue weighted by atomic mass is 10.1. The van der Waals surface area contributed by atoms with Crippen LogP contribution in [0.4, 0.5) is 0 Å². The van der Waals surface area contributed by atoms with Gasteiger partial charge in [0.15, 0.2) is 5.58 Å². The fraction of sp³-hybridized carbons (Fsp3) is 0.211. The van der Waals surface area contributed by atoms with Crippen LogP contribution in [0.5, 0.6) is 0 Å². The van der Waals surface area contributed by atoms with Gasteiger partial charge in [-0.25, -0.2) is 9.78 Å². The number of carbonyl (C=O) groups excluding carboxylic acids is 1. The summed E-state index contributed by atoms with van der Waals surface area (Å²) in [6.07, 6.45) is 0. The first-order valence-corrected chi connectivity index (χ1v) is 8.23. The summed E-state index contributed by atoms with van der Waals surface area (Å²) in [5, 5.41) is 9.12. The number of benzene rings is 2. The molecule has 0 spiro atoms. The van der Waals surface area contributed by atoms with Gasteiger partial charge in [0.05, 0.1) is 18.8 Å². The van der Waals surface area contributed by atoms with Crippen LogP contribution in [0.25, 0.3) is 22.6 Å². The Bertz CT molecular complexity index is 989. The molecule has 132 valence electrons. The van der Waals surface area contributed by atoms with E-state index in [0.717, 1.165) is 0 Å². The van der Waals surface area contributed by atoms with E-state index in [9.17, 15) is 9.59 Å². The van der Waals surface area contributed by atoms with Crippen molar-refractivity contribution in [3.05, 3.63) is 53.6 Å². The molecule has 7 nitrogen and oxygen atoms in total. The zero-order valence-electron chi connectivity index (χ0n) is 13.8. The monoisotopic (exact) mass is 352 g/mol. The average Bonchev–Trinajstić information content (AvgIpc) is 3.11. The average molecular weight is 352 g/mol. The Morgan fingerprint density at radius 2 is 1.85 bits per heavy atom. The standard InChI is InChI=1S/C19H16N2O5/c22-18(21-6-8-25-9-7-21)13-4-5-15-16(11-13)26-17(20-15)12-2-1-3-14(10-12)19(23)24/h1-5,10-11H,6-9H2,(H,23,24). The molecule has 1 N–H and O–H groups in total. The third-order valence-corrected chi connectivity index (χ3v) is 4.29. The Balaban J connectivity index is 1.66. The van der Waals surface area contributed by atoms with Gasteiger partial charge in [0.2, 0.25) is 5.89 Å². The van der Waals surface area contributed by atoms with Gasteiger partial charge in [-0.1, -0.05) is 6.07 Å². The third kappa shape index (κ3) is 3.04. The first-order valence-electron chi connectivity index (χ1n) is 8.23. The summed E-state index contributed by atoms with van der Waals surface area (Å²) < 4.78 is 11.0. The minimum Gasteiger partial charge on any atom is -0.478 e. The van der Waals surface area contributed by atoms with Crippen molar-refractivity contribution in [3.8, 4) is 11.5 Å². The molecule has 2 aromatic carbocycles. The summed E-state index contributed by atoms with van der Waals surface area (Å²) >= 11 is 0.